The molecule has 2 heterocycles. The quantitative estimate of drug-likeness (QED) is 0.541. The van der Waals surface area contributed by atoms with Gasteiger partial charge in [0.2, 0.25) is 5.91 Å². The van der Waals surface area contributed by atoms with Crippen molar-refractivity contribution < 1.29 is 28.3 Å². The molecule has 0 aliphatic carbocycles. The predicted octanol–water partition coefficient (Wildman–Crippen LogP) is 0.322. The van der Waals surface area contributed by atoms with Gasteiger partial charge in [0.25, 0.3) is 5.91 Å². The van der Waals surface area contributed by atoms with Gasteiger partial charge in [-0.3, -0.25) is 14.4 Å². The first-order chi connectivity index (χ1) is 11.5. The molecule has 2 amide bonds. The Bertz CT molecular complexity index is 571. The maximum Gasteiger partial charge on any atom is 0.312 e. The summed E-state index contributed by atoms with van der Waals surface area (Å²) in [7, 11) is 1.53. The molecule has 0 unspecified atom stereocenters. The first-order valence-corrected chi connectivity index (χ1v) is 7.78. The molecule has 1 saturated heterocycles. The fourth-order valence-electron chi connectivity index (χ4n) is 2.42. The van der Waals surface area contributed by atoms with Crippen LogP contribution in [0.15, 0.2) is 22.8 Å². The number of nitrogens with zero attached hydrogens (tertiary/aromatic N) is 1. The molecule has 1 aliphatic rings. The molecule has 1 aliphatic heterocycles. The van der Waals surface area contributed by atoms with Crippen molar-refractivity contribution in [1.82, 2.24) is 10.2 Å². The predicted molar refractivity (Wildman–Crippen MR) is 82.7 cm³/mol. The van der Waals surface area contributed by atoms with Crippen molar-refractivity contribution >= 4 is 17.8 Å². The van der Waals surface area contributed by atoms with Gasteiger partial charge in [-0.25, -0.2) is 0 Å². The third-order valence-electron chi connectivity index (χ3n) is 3.74. The summed E-state index contributed by atoms with van der Waals surface area (Å²) in [6, 6.07) is 3.51. The Hall–Kier alpha value is -2.35. The molecule has 0 spiro atoms. The number of amides is 2. The van der Waals surface area contributed by atoms with E-state index in [1.165, 1.54) is 20.3 Å². The Morgan fingerprint density at radius 3 is 2.96 bits per heavy atom. The minimum absolute atomic E-state index is 0.0809. The smallest absolute Gasteiger partial charge is 0.312 e. The fourth-order valence-corrected chi connectivity index (χ4v) is 2.42. The number of esters is 1. The minimum atomic E-state index is -0.913. The zero-order chi connectivity index (χ0) is 17.5. The van der Waals surface area contributed by atoms with E-state index >= 15 is 0 Å². The van der Waals surface area contributed by atoms with Crippen LogP contribution in [0.4, 0.5) is 0 Å². The Morgan fingerprint density at radius 2 is 2.29 bits per heavy atom. The zero-order valence-corrected chi connectivity index (χ0v) is 13.8. The van der Waals surface area contributed by atoms with E-state index < -0.39 is 23.9 Å². The van der Waals surface area contributed by atoms with E-state index in [0.29, 0.717) is 25.5 Å². The lowest BCUT2D eigenvalue weighted by atomic mass is 10.1. The number of carbonyl (C=O) groups excluding carboxylic acids is 3. The first kappa shape index (κ1) is 18.0. The van der Waals surface area contributed by atoms with Crippen molar-refractivity contribution in [3.05, 3.63) is 24.2 Å². The Labute approximate surface area is 140 Å². The van der Waals surface area contributed by atoms with Gasteiger partial charge < -0.3 is 24.1 Å². The maximum atomic E-state index is 12.2. The molecule has 0 radical (unpaired) electrons. The van der Waals surface area contributed by atoms with Gasteiger partial charge in [-0.2, -0.15) is 0 Å². The van der Waals surface area contributed by atoms with E-state index in [-0.39, 0.29) is 18.9 Å². The van der Waals surface area contributed by atoms with Crippen molar-refractivity contribution in [3.63, 3.8) is 0 Å². The summed E-state index contributed by atoms with van der Waals surface area (Å²) in [5, 5.41) is 2.60. The number of likely N-dealkylation sites (tertiary alicyclic amines) is 1. The van der Waals surface area contributed by atoms with Crippen LogP contribution < -0.4 is 5.32 Å². The van der Waals surface area contributed by atoms with Crippen LogP contribution in [0.5, 0.6) is 0 Å². The number of hydrogen-bond donors (Lipinski definition) is 1. The number of hydrogen-bond acceptors (Lipinski definition) is 6. The molecule has 1 aromatic rings. The topological polar surface area (TPSA) is 98.1 Å². The van der Waals surface area contributed by atoms with Crippen LogP contribution in [0.25, 0.3) is 0 Å². The van der Waals surface area contributed by atoms with Crippen LogP contribution in [0.1, 0.15) is 19.1 Å². The number of furan rings is 1. The summed E-state index contributed by atoms with van der Waals surface area (Å²) in [5.74, 6) is -0.979. The number of methoxy groups -OCH3 is 1. The molecule has 1 N–H and O–H groups in total. The lowest BCUT2D eigenvalue weighted by Crippen LogP contribution is -2.38. The molecular formula is C16H22N2O6. The second-order valence-electron chi connectivity index (χ2n) is 5.62. The Kier molecular flexibility index (Phi) is 6.36. The maximum absolute atomic E-state index is 12.2. The second-order valence-corrected chi connectivity index (χ2v) is 5.62. The van der Waals surface area contributed by atoms with Crippen LogP contribution >= 0.6 is 0 Å². The highest BCUT2D eigenvalue weighted by Gasteiger charge is 2.36. The molecule has 0 saturated carbocycles. The summed E-state index contributed by atoms with van der Waals surface area (Å²) >= 11 is 0. The van der Waals surface area contributed by atoms with Gasteiger partial charge in [0.15, 0.2) is 6.10 Å². The number of carbonyl (C=O) groups is 3. The van der Waals surface area contributed by atoms with Gasteiger partial charge in [-0.15, -0.1) is 0 Å². The average molecular weight is 338 g/mol. The van der Waals surface area contributed by atoms with E-state index in [1.54, 1.807) is 17.0 Å². The van der Waals surface area contributed by atoms with Crippen LogP contribution in [-0.4, -0.2) is 55.6 Å². The van der Waals surface area contributed by atoms with Gasteiger partial charge in [-0.05, 0) is 19.1 Å². The van der Waals surface area contributed by atoms with Crippen LogP contribution in [0.2, 0.25) is 0 Å². The van der Waals surface area contributed by atoms with Gasteiger partial charge in [-0.1, -0.05) is 0 Å². The third-order valence-corrected chi connectivity index (χ3v) is 3.74. The van der Waals surface area contributed by atoms with E-state index in [2.05, 4.69) is 5.32 Å². The molecule has 8 heteroatoms. The molecule has 0 bridgehead atoms. The summed E-state index contributed by atoms with van der Waals surface area (Å²) in [5.41, 5.74) is 0. The van der Waals surface area contributed by atoms with Crippen molar-refractivity contribution in [2.24, 2.45) is 5.92 Å². The van der Waals surface area contributed by atoms with E-state index in [1.807, 2.05) is 0 Å². The molecule has 0 aromatic carbocycles. The van der Waals surface area contributed by atoms with Gasteiger partial charge in [0, 0.05) is 26.6 Å². The summed E-state index contributed by atoms with van der Waals surface area (Å²) < 4.78 is 15.2. The van der Waals surface area contributed by atoms with Gasteiger partial charge in [0.1, 0.15) is 5.76 Å². The van der Waals surface area contributed by atoms with Crippen molar-refractivity contribution in [3.8, 4) is 0 Å². The normalized spacial score (nSPS) is 18.5. The van der Waals surface area contributed by atoms with Crippen molar-refractivity contribution in [2.45, 2.75) is 26.0 Å². The second kappa shape index (κ2) is 8.49. The summed E-state index contributed by atoms with van der Waals surface area (Å²) in [4.78, 5) is 37.5. The van der Waals surface area contributed by atoms with Gasteiger partial charge in [0.05, 0.1) is 25.3 Å². The molecule has 1 aromatic heterocycles. The lowest BCUT2D eigenvalue weighted by Gasteiger charge is -2.17. The van der Waals surface area contributed by atoms with E-state index in [9.17, 15) is 14.4 Å². The molecule has 1 fully saturated rings. The number of nitrogens with one attached hydrogen (secondary N) is 1. The van der Waals surface area contributed by atoms with E-state index in [4.69, 9.17) is 13.9 Å². The largest absolute Gasteiger partial charge is 0.467 e. The monoisotopic (exact) mass is 338 g/mol. The fraction of sp³-hybridized carbons (Fsp3) is 0.562. The molecule has 2 rings (SSSR count). The number of ether oxygens (including phenoxy) is 2. The molecule has 8 nitrogen and oxygen atoms in total. The minimum Gasteiger partial charge on any atom is -0.467 e. The highest BCUT2D eigenvalue weighted by Crippen LogP contribution is 2.22. The highest BCUT2D eigenvalue weighted by atomic mass is 16.5. The lowest BCUT2D eigenvalue weighted by molar-refractivity contribution is -0.158. The SMILES string of the molecule is COCCNC(=O)[C@H](C)OC(=O)[C@H]1CC(=O)N(Cc2ccco2)C1. The van der Waals surface area contributed by atoms with E-state index in [0.717, 1.165) is 0 Å². The Balaban J connectivity index is 1.80. The van der Waals surface area contributed by atoms with Crippen LogP contribution in [0.3, 0.4) is 0 Å². The zero-order valence-electron chi connectivity index (χ0n) is 13.8. The summed E-state index contributed by atoms with van der Waals surface area (Å²) in [6.45, 7) is 2.80. The van der Waals surface area contributed by atoms with Crippen LogP contribution in [-0.2, 0) is 30.4 Å². The number of rotatable bonds is 8. The van der Waals surface area contributed by atoms with Crippen LogP contribution in [0, 0.1) is 5.92 Å². The molecule has 132 valence electrons. The molecule has 24 heavy (non-hydrogen) atoms. The average Bonchev–Trinajstić information content (AvgIpc) is 3.18. The van der Waals surface area contributed by atoms with Gasteiger partial charge >= 0.3 is 5.97 Å². The third kappa shape index (κ3) is 4.82. The van der Waals surface area contributed by atoms with Crippen molar-refractivity contribution in [2.75, 3.05) is 26.8 Å². The standard InChI is InChI=1S/C16H22N2O6/c1-11(15(20)17-5-7-22-2)24-16(21)12-8-14(19)18(9-12)10-13-4-3-6-23-13/h3-4,6,11-12H,5,7-10H2,1-2H3,(H,17,20)/t11-,12-/m0/s1. The highest BCUT2D eigenvalue weighted by molar-refractivity contribution is 5.88. The Morgan fingerprint density at radius 1 is 1.50 bits per heavy atom. The first-order valence-electron chi connectivity index (χ1n) is 7.78. The molecule has 2 atom stereocenters. The summed E-state index contributed by atoms with van der Waals surface area (Å²) in [6.07, 6.45) is 0.701. The van der Waals surface area contributed by atoms with Crippen molar-refractivity contribution in [1.29, 1.82) is 0 Å². The molecular weight excluding hydrogens is 316 g/mol.